The minimum Gasteiger partial charge on any atom is -0.512 e. The van der Waals surface area contributed by atoms with Gasteiger partial charge in [-0.3, -0.25) is 9.59 Å². The molecule has 1 aliphatic heterocycles. The summed E-state index contributed by atoms with van der Waals surface area (Å²) in [4.78, 5) is 29.7. The van der Waals surface area contributed by atoms with Crippen LogP contribution < -0.4 is 0 Å². The van der Waals surface area contributed by atoms with Gasteiger partial charge in [0.15, 0.2) is 5.78 Å². The molecule has 0 saturated heterocycles. The Kier molecular flexibility index (Phi) is 10.0. The Hall–Kier alpha value is -3.43. The van der Waals surface area contributed by atoms with Crippen LogP contribution >= 0.6 is 0 Å². The van der Waals surface area contributed by atoms with Crippen molar-refractivity contribution in [3.05, 3.63) is 90.2 Å². The van der Waals surface area contributed by atoms with Gasteiger partial charge in [-0.1, -0.05) is 29.7 Å². The fourth-order valence-corrected chi connectivity index (χ4v) is 3.55. The molecule has 1 aliphatic rings. The Morgan fingerprint density at radius 3 is 2.56 bits per heavy atom. The Morgan fingerprint density at radius 1 is 1.18 bits per heavy atom. The van der Waals surface area contributed by atoms with Gasteiger partial charge in [0.05, 0.1) is 30.1 Å². The van der Waals surface area contributed by atoms with Crippen LogP contribution in [0.1, 0.15) is 49.0 Å². The van der Waals surface area contributed by atoms with Gasteiger partial charge in [0, 0.05) is 32.1 Å². The number of nitrogens with zero attached hydrogens (tertiary/aromatic N) is 2. The van der Waals surface area contributed by atoms with E-state index < -0.39 is 0 Å². The monoisotopic (exact) mass is 631 g/mol. The van der Waals surface area contributed by atoms with E-state index in [0.29, 0.717) is 23.4 Å². The van der Waals surface area contributed by atoms with Crippen molar-refractivity contribution in [3.63, 3.8) is 0 Å². The quantitative estimate of drug-likeness (QED) is 0.116. The smallest absolute Gasteiger partial charge is 0.316 e. The third-order valence-corrected chi connectivity index (χ3v) is 4.97. The van der Waals surface area contributed by atoms with Gasteiger partial charge < -0.3 is 10.1 Å². The number of benzene rings is 3. The van der Waals surface area contributed by atoms with Crippen LogP contribution in [0.25, 0.3) is 10.8 Å². The molecular formula is C28H26IrN2O3. The van der Waals surface area contributed by atoms with Crippen LogP contribution in [0.2, 0.25) is 0 Å². The van der Waals surface area contributed by atoms with Crippen LogP contribution in [-0.4, -0.2) is 33.0 Å². The maximum Gasteiger partial charge on any atom is 0.316 e. The van der Waals surface area contributed by atoms with Crippen LogP contribution in [0.3, 0.4) is 0 Å². The van der Waals surface area contributed by atoms with E-state index in [-0.39, 0.29) is 37.4 Å². The van der Waals surface area contributed by atoms with Crippen LogP contribution in [0, 0.1) is 6.07 Å². The minimum atomic E-state index is 0. The van der Waals surface area contributed by atoms with Crippen LogP contribution in [0.15, 0.2) is 83.0 Å². The van der Waals surface area contributed by atoms with Gasteiger partial charge in [0.25, 0.3) is 0 Å². The molecule has 0 aliphatic carbocycles. The molecule has 2 N–H and O–H groups in total. The second-order valence-corrected chi connectivity index (χ2v) is 7.71. The Balaban J connectivity index is 0.000000449. The summed E-state index contributed by atoms with van der Waals surface area (Å²) in [6.45, 7) is 6.49. The number of fused-ring (bicyclic) bond motifs is 2. The van der Waals surface area contributed by atoms with Crippen LogP contribution in [0.5, 0.6) is 0 Å². The minimum absolute atomic E-state index is 0. The third kappa shape index (κ3) is 7.29. The number of Topliss-reactive ketones (excluding diaryl/α,β-unsaturated/α-hetero) is 1. The number of ketones is 2. The zero-order valence-electron chi connectivity index (χ0n) is 19.1. The Labute approximate surface area is 213 Å². The first kappa shape index (κ1) is 26.8. The molecule has 175 valence electrons. The summed E-state index contributed by atoms with van der Waals surface area (Å²) in [5.41, 5.74) is 3.91. The molecule has 3 aromatic rings. The van der Waals surface area contributed by atoms with E-state index in [2.05, 4.69) is 41.7 Å². The van der Waals surface area contributed by atoms with Gasteiger partial charge in [-0.05, 0) is 56.1 Å². The number of hydrogen-bond donors (Lipinski definition) is 1. The maximum atomic E-state index is 12.5. The number of allylic oxidation sites excluding steroid dienone is 2. The van der Waals surface area contributed by atoms with Gasteiger partial charge in [-0.2, -0.15) is 0 Å². The van der Waals surface area contributed by atoms with E-state index in [9.17, 15) is 4.79 Å². The van der Waals surface area contributed by atoms with Gasteiger partial charge in [-0.15, -0.1) is 29.1 Å². The molecule has 0 saturated carbocycles. The summed E-state index contributed by atoms with van der Waals surface area (Å²) >= 11 is 0. The molecule has 1 heterocycles. The number of carbonyl (C=O) groups is 1. The predicted octanol–water partition coefficient (Wildman–Crippen LogP) is 6.63. The molecule has 0 aromatic heterocycles. The van der Waals surface area contributed by atoms with Crippen molar-refractivity contribution in [2.24, 2.45) is 9.98 Å². The van der Waals surface area contributed by atoms with E-state index in [1.165, 1.54) is 19.9 Å². The van der Waals surface area contributed by atoms with Gasteiger partial charge in [-0.25, -0.2) is 4.99 Å². The molecule has 0 spiro atoms. The Morgan fingerprint density at radius 2 is 1.91 bits per heavy atom. The van der Waals surface area contributed by atoms with E-state index in [1.807, 2.05) is 30.3 Å². The molecular weight excluding hydrogens is 605 g/mol. The number of hydrogen-bond acceptors (Lipinski definition) is 4. The largest absolute Gasteiger partial charge is 0.512 e. The number of aliphatic hydroxyl groups excluding tert-OH is 1. The standard InChI is InChI=1S/C23H17N2O.C5H8O2.Ir/c1-2-24-19-12-13-22-20(15-19)23(26)9-5-8-21(25-22)18-11-10-16-6-3-4-7-17(16)14-18;1-4(6)3-5(2)7;/h3-4,6-7,10,12-15H,1,5,8-9H2;3,6H,1-2H3;/q-1;;/p+1/b;4-3-;. The van der Waals surface area contributed by atoms with Crippen molar-refractivity contribution < 1.29 is 34.8 Å². The zero-order valence-corrected chi connectivity index (χ0v) is 21.5. The second kappa shape index (κ2) is 12.7. The van der Waals surface area contributed by atoms with Crippen molar-refractivity contribution in [1.82, 2.24) is 0 Å². The average Bonchev–Trinajstić information content (AvgIpc) is 2.77. The zero-order chi connectivity index (χ0) is 23.8. The molecule has 0 amide bonds. The summed E-state index contributed by atoms with van der Waals surface area (Å²) in [6, 6.07) is 21.1. The molecule has 4 rings (SSSR count). The summed E-state index contributed by atoms with van der Waals surface area (Å²) in [7, 11) is 0. The average molecular weight is 631 g/mol. The van der Waals surface area contributed by atoms with E-state index in [4.69, 9.17) is 14.9 Å². The van der Waals surface area contributed by atoms with Crippen LogP contribution in [-0.2, 0) is 20.1 Å². The second-order valence-electron chi connectivity index (χ2n) is 7.71. The number of rotatable bonds is 3. The van der Waals surface area contributed by atoms with Crippen molar-refractivity contribution in [2.75, 3.05) is 0 Å². The van der Waals surface area contributed by atoms with Gasteiger partial charge in [0.2, 0.25) is 0 Å². The number of aliphatic imine (C=N–C) groups is 2. The van der Waals surface area contributed by atoms with Crippen molar-refractivity contribution in [1.29, 1.82) is 0 Å². The molecule has 1 radical (unpaired) electrons. The topological polar surface area (TPSA) is 83.4 Å². The SMILES string of the molecule is C=C=Nc1ccc2c(c1)C(=O)CCCC(c1[c-]cc3ccccc3c1)=N2.CC(=[OH+])/C=C(/C)O.[Ir]. The molecule has 5 nitrogen and oxygen atoms in total. The van der Waals surface area contributed by atoms with Crippen molar-refractivity contribution >= 4 is 45.3 Å². The fraction of sp³-hybridized carbons (Fsp3) is 0.179. The molecule has 34 heavy (non-hydrogen) atoms. The van der Waals surface area contributed by atoms with E-state index >= 15 is 0 Å². The first-order valence-corrected chi connectivity index (χ1v) is 10.7. The first-order valence-electron chi connectivity index (χ1n) is 10.7. The van der Waals surface area contributed by atoms with E-state index in [0.717, 1.165) is 34.9 Å². The first-order chi connectivity index (χ1) is 15.9. The maximum absolute atomic E-state index is 12.5. The summed E-state index contributed by atoms with van der Waals surface area (Å²) in [5, 5.41) is 10.7. The van der Waals surface area contributed by atoms with Gasteiger partial charge in [0.1, 0.15) is 0 Å². The normalized spacial score (nSPS) is 13.1. The van der Waals surface area contributed by atoms with Gasteiger partial charge >= 0.3 is 5.78 Å². The molecule has 0 unspecified atom stereocenters. The van der Waals surface area contributed by atoms with E-state index in [1.54, 1.807) is 6.07 Å². The summed E-state index contributed by atoms with van der Waals surface area (Å²) < 4.78 is 0. The molecule has 0 atom stereocenters. The molecule has 3 aromatic carbocycles. The third-order valence-electron chi connectivity index (χ3n) is 4.97. The molecule has 0 bridgehead atoms. The van der Waals surface area contributed by atoms with Crippen LogP contribution in [0.4, 0.5) is 11.4 Å². The number of carbonyl (C=O) groups excluding carboxylic acids is 2. The van der Waals surface area contributed by atoms with Crippen molar-refractivity contribution in [3.8, 4) is 0 Å². The molecule has 6 heteroatoms. The summed E-state index contributed by atoms with van der Waals surface area (Å²) in [5.74, 6) is 2.86. The molecule has 0 fully saturated rings. The summed E-state index contributed by atoms with van der Waals surface area (Å²) in [6.07, 6.45) is 3.31. The Bertz CT molecular complexity index is 1310. The number of aliphatic hydroxyl groups is 1. The fourth-order valence-electron chi connectivity index (χ4n) is 3.55. The predicted molar refractivity (Wildman–Crippen MR) is 135 cm³/mol. The van der Waals surface area contributed by atoms with Crippen molar-refractivity contribution in [2.45, 2.75) is 33.1 Å².